The van der Waals surface area contributed by atoms with Crippen molar-refractivity contribution in [3.63, 3.8) is 0 Å². The predicted octanol–water partition coefficient (Wildman–Crippen LogP) is 5.04. The fraction of sp³-hybridized carbons (Fsp3) is 0.310. The van der Waals surface area contributed by atoms with Crippen LogP contribution in [-0.4, -0.2) is 64.0 Å². The van der Waals surface area contributed by atoms with Crippen molar-refractivity contribution in [3.8, 4) is 5.75 Å². The van der Waals surface area contributed by atoms with E-state index in [1.807, 2.05) is 42.5 Å². The Morgan fingerprint density at radius 3 is 2.46 bits per heavy atom. The number of nitrogens with zero attached hydrogens (tertiary/aromatic N) is 4. The highest BCUT2D eigenvalue weighted by molar-refractivity contribution is 7.92. The van der Waals surface area contributed by atoms with Gasteiger partial charge in [0.05, 0.1) is 22.4 Å². The number of rotatable bonds is 10. The lowest BCUT2D eigenvalue weighted by molar-refractivity contribution is 0.0983. The zero-order valence-electron chi connectivity index (χ0n) is 22.3. The molecular formula is C29H32N4O4S2. The summed E-state index contributed by atoms with van der Waals surface area (Å²) >= 11 is 1.44. The van der Waals surface area contributed by atoms with Crippen molar-refractivity contribution in [1.82, 2.24) is 9.88 Å². The third-order valence-electron chi connectivity index (χ3n) is 7.13. The number of ether oxygens (including phenoxy) is 1. The Hall–Kier alpha value is -3.47. The van der Waals surface area contributed by atoms with Crippen molar-refractivity contribution in [2.45, 2.75) is 25.2 Å². The number of amides is 1. The number of fused-ring (bicyclic) bond motifs is 2. The second-order valence-electron chi connectivity index (χ2n) is 9.27. The van der Waals surface area contributed by atoms with Crippen molar-refractivity contribution >= 4 is 48.3 Å². The number of hydrogen-bond acceptors (Lipinski definition) is 7. The van der Waals surface area contributed by atoms with Gasteiger partial charge in [0.1, 0.15) is 11.3 Å². The van der Waals surface area contributed by atoms with Gasteiger partial charge in [-0.25, -0.2) is 13.4 Å². The molecule has 3 aromatic carbocycles. The number of hydrogen-bond donors (Lipinski definition) is 0. The van der Waals surface area contributed by atoms with Gasteiger partial charge in [-0.15, -0.1) is 0 Å². The molecule has 2 heterocycles. The van der Waals surface area contributed by atoms with Gasteiger partial charge in [0.25, 0.3) is 15.9 Å². The number of anilines is 2. The summed E-state index contributed by atoms with van der Waals surface area (Å²) < 4.78 is 34.7. The smallest absolute Gasteiger partial charge is 0.264 e. The zero-order valence-corrected chi connectivity index (χ0v) is 24.0. The molecule has 0 bridgehead atoms. The average Bonchev–Trinajstić information content (AvgIpc) is 3.60. The number of carbonyl (C=O) groups excluding carboxylic acids is 1. The largest absolute Gasteiger partial charge is 0.494 e. The molecule has 1 aromatic heterocycles. The lowest BCUT2D eigenvalue weighted by atomic mass is 10.2. The van der Waals surface area contributed by atoms with E-state index in [1.165, 1.54) is 27.8 Å². The van der Waals surface area contributed by atoms with Crippen LogP contribution in [0.5, 0.6) is 5.75 Å². The van der Waals surface area contributed by atoms with E-state index in [1.54, 1.807) is 24.1 Å². The molecule has 0 unspecified atom stereocenters. The Morgan fingerprint density at radius 2 is 1.74 bits per heavy atom. The Kier molecular flexibility index (Phi) is 7.88. The molecule has 204 valence electrons. The third kappa shape index (κ3) is 5.24. The molecule has 0 saturated carbocycles. The summed E-state index contributed by atoms with van der Waals surface area (Å²) in [5.41, 5.74) is 2.85. The predicted molar refractivity (Wildman–Crippen MR) is 157 cm³/mol. The highest BCUT2D eigenvalue weighted by Crippen LogP contribution is 2.35. The topological polar surface area (TPSA) is 83.1 Å². The lowest BCUT2D eigenvalue weighted by Crippen LogP contribution is -2.39. The van der Waals surface area contributed by atoms with E-state index < -0.39 is 10.0 Å². The van der Waals surface area contributed by atoms with Gasteiger partial charge in [-0.1, -0.05) is 49.4 Å². The maximum Gasteiger partial charge on any atom is 0.264 e. The van der Waals surface area contributed by atoms with Crippen LogP contribution in [0.15, 0.2) is 71.6 Å². The van der Waals surface area contributed by atoms with Gasteiger partial charge >= 0.3 is 0 Å². The molecule has 1 aliphatic rings. The maximum absolute atomic E-state index is 13.8. The molecule has 0 spiro atoms. The normalized spacial score (nSPS) is 13.2. The fourth-order valence-corrected chi connectivity index (χ4v) is 7.38. The molecule has 0 atom stereocenters. The van der Waals surface area contributed by atoms with Crippen LogP contribution in [0.25, 0.3) is 10.2 Å². The molecular weight excluding hydrogens is 532 g/mol. The number of carbonyl (C=O) groups is 1. The Balaban J connectivity index is 1.44. The molecule has 0 aliphatic carbocycles. The molecule has 39 heavy (non-hydrogen) atoms. The third-order valence-corrected chi connectivity index (χ3v) is 10.0. The van der Waals surface area contributed by atoms with Crippen LogP contribution >= 0.6 is 11.3 Å². The van der Waals surface area contributed by atoms with Gasteiger partial charge in [0.15, 0.2) is 5.13 Å². The Labute approximate surface area is 233 Å². The van der Waals surface area contributed by atoms with E-state index in [0.29, 0.717) is 53.7 Å². The Morgan fingerprint density at radius 1 is 1.00 bits per heavy atom. The molecule has 0 saturated heterocycles. The number of benzene rings is 3. The molecule has 10 heteroatoms. The lowest BCUT2D eigenvalue weighted by Gasteiger charge is -2.25. The first-order valence-corrected chi connectivity index (χ1v) is 15.3. The van der Waals surface area contributed by atoms with Crippen molar-refractivity contribution in [2.75, 3.05) is 49.0 Å². The highest BCUT2D eigenvalue weighted by atomic mass is 32.2. The van der Waals surface area contributed by atoms with E-state index in [4.69, 9.17) is 9.72 Å². The number of aromatic nitrogens is 1. The summed E-state index contributed by atoms with van der Waals surface area (Å²) in [5, 5.41) is 0.581. The summed E-state index contributed by atoms with van der Waals surface area (Å²) in [7, 11) is -2.14. The SMILES string of the molecule is CCN(CC)CCN(C(=O)c1ccc(S(=O)(=O)N2CCc3ccccc32)cc1)c1nc2c(OC)cccc2s1. The number of methoxy groups -OCH3 is 1. The first-order valence-electron chi connectivity index (χ1n) is 13.1. The minimum absolute atomic E-state index is 0.162. The molecule has 1 aliphatic heterocycles. The van der Waals surface area contributed by atoms with Gasteiger partial charge in [0, 0.05) is 25.2 Å². The monoisotopic (exact) mass is 564 g/mol. The summed E-state index contributed by atoms with van der Waals surface area (Å²) in [6, 6.07) is 19.5. The quantitative estimate of drug-likeness (QED) is 0.268. The van der Waals surface area contributed by atoms with Crippen LogP contribution < -0.4 is 13.9 Å². The highest BCUT2D eigenvalue weighted by Gasteiger charge is 2.31. The number of likely N-dealkylation sites (N-methyl/N-ethyl adjacent to an activating group) is 1. The van der Waals surface area contributed by atoms with Gasteiger partial charge < -0.3 is 9.64 Å². The van der Waals surface area contributed by atoms with Crippen LogP contribution in [0.3, 0.4) is 0 Å². The number of para-hydroxylation sites is 2. The first-order chi connectivity index (χ1) is 18.9. The van der Waals surface area contributed by atoms with E-state index in [-0.39, 0.29) is 10.8 Å². The molecule has 1 amide bonds. The second kappa shape index (κ2) is 11.3. The van der Waals surface area contributed by atoms with Crippen molar-refractivity contribution in [3.05, 3.63) is 77.9 Å². The minimum Gasteiger partial charge on any atom is -0.494 e. The zero-order chi connectivity index (χ0) is 27.6. The van der Waals surface area contributed by atoms with Crippen LogP contribution in [0.2, 0.25) is 0 Å². The van der Waals surface area contributed by atoms with E-state index >= 15 is 0 Å². The molecule has 0 N–H and O–H groups in total. The molecule has 8 nitrogen and oxygen atoms in total. The minimum atomic E-state index is -3.74. The maximum atomic E-state index is 13.8. The van der Waals surface area contributed by atoms with Crippen LogP contribution in [0, 0.1) is 0 Å². The molecule has 0 radical (unpaired) electrons. The molecule has 4 aromatic rings. The average molecular weight is 565 g/mol. The van der Waals surface area contributed by atoms with Crippen LogP contribution in [0.1, 0.15) is 29.8 Å². The number of sulfonamides is 1. The van der Waals surface area contributed by atoms with Gasteiger partial charge in [-0.05, 0) is 67.5 Å². The van der Waals surface area contributed by atoms with Gasteiger partial charge in [-0.2, -0.15) is 0 Å². The van der Waals surface area contributed by atoms with Gasteiger partial charge in [0.2, 0.25) is 0 Å². The summed E-state index contributed by atoms with van der Waals surface area (Å²) in [4.78, 5) is 22.7. The van der Waals surface area contributed by atoms with E-state index in [0.717, 1.165) is 23.4 Å². The Bertz CT molecular complexity index is 1580. The van der Waals surface area contributed by atoms with E-state index in [9.17, 15) is 13.2 Å². The van der Waals surface area contributed by atoms with Crippen LogP contribution in [0.4, 0.5) is 10.8 Å². The standard InChI is InChI=1S/C29H32N4O4S2/c1-4-31(5-2)19-20-32(29-30-27-25(37-3)11-8-12-26(27)38-29)28(34)22-13-15-23(16-14-22)39(35,36)33-18-17-21-9-6-7-10-24(21)33/h6-16H,4-5,17-20H2,1-3H3. The van der Waals surface area contributed by atoms with Crippen molar-refractivity contribution in [1.29, 1.82) is 0 Å². The van der Waals surface area contributed by atoms with E-state index in [2.05, 4.69) is 18.7 Å². The fourth-order valence-electron chi connectivity index (χ4n) is 4.87. The second-order valence-corrected chi connectivity index (χ2v) is 12.1. The summed E-state index contributed by atoms with van der Waals surface area (Å²) in [6.07, 6.45) is 0.681. The summed E-state index contributed by atoms with van der Waals surface area (Å²) in [5.74, 6) is 0.430. The first kappa shape index (κ1) is 27.1. The molecule has 0 fully saturated rings. The van der Waals surface area contributed by atoms with Crippen LogP contribution in [-0.2, 0) is 16.4 Å². The summed E-state index contributed by atoms with van der Waals surface area (Å²) in [6.45, 7) is 7.48. The number of thiazole rings is 1. The van der Waals surface area contributed by atoms with Crippen molar-refractivity contribution in [2.24, 2.45) is 0 Å². The van der Waals surface area contributed by atoms with Gasteiger partial charge in [-0.3, -0.25) is 14.0 Å². The van der Waals surface area contributed by atoms with Crippen molar-refractivity contribution < 1.29 is 17.9 Å². The molecule has 5 rings (SSSR count).